The van der Waals surface area contributed by atoms with Gasteiger partial charge in [-0.25, -0.2) is 0 Å². The van der Waals surface area contributed by atoms with Gasteiger partial charge in [-0.15, -0.1) is 0 Å². The molecule has 1 rings (SSSR count). The highest BCUT2D eigenvalue weighted by atomic mass is 15.2. The number of nitrogens with two attached hydrogens (primary N) is 1. The summed E-state index contributed by atoms with van der Waals surface area (Å²) >= 11 is 0. The van der Waals surface area contributed by atoms with E-state index in [0.717, 1.165) is 31.5 Å². The van der Waals surface area contributed by atoms with Gasteiger partial charge in [0.05, 0.1) is 0 Å². The highest BCUT2D eigenvalue weighted by Crippen LogP contribution is 2.29. The first-order valence-electron chi connectivity index (χ1n) is 5.68. The maximum absolute atomic E-state index is 5.93. The summed E-state index contributed by atoms with van der Waals surface area (Å²) in [6.07, 6.45) is 2.74. The molecule has 3 nitrogen and oxygen atoms in total. The summed E-state index contributed by atoms with van der Waals surface area (Å²) in [6.45, 7) is 9.38. The molecule has 0 saturated heterocycles. The summed E-state index contributed by atoms with van der Waals surface area (Å²) < 4.78 is 0. The molecule has 82 valence electrons. The van der Waals surface area contributed by atoms with E-state index in [1.165, 1.54) is 12.8 Å². The molecule has 14 heavy (non-hydrogen) atoms. The second-order valence-electron chi connectivity index (χ2n) is 4.57. The van der Waals surface area contributed by atoms with Crippen molar-refractivity contribution in [2.45, 2.75) is 33.6 Å². The topological polar surface area (TPSA) is 41.6 Å². The third kappa shape index (κ3) is 3.99. The molecule has 0 bridgehead atoms. The van der Waals surface area contributed by atoms with Gasteiger partial charge in [0.2, 0.25) is 0 Å². The fourth-order valence-electron chi connectivity index (χ4n) is 1.37. The molecule has 0 aromatic rings. The fraction of sp³-hybridized carbons (Fsp3) is 0.909. The Kier molecular flexibility index (Phi) is 4.23. The minimum Gasteiger partial charge on any atom is -0.370 e. The van der Waals surface area contributed by atoms with Crippen LogP contribution in [0.3, 0.4) is 0 Å². The average molecular weight is 197 g/mol. The van der Waals surface area contributed by atoms with Gasteiger partial charge >= 0.3 is 0 Å². The Morgan fingerprint density at radius 1 is 1.50 bits per heavy atom. The highest BCUT2D eigenvalue weighted by Gasteiger charge is 2.24. The van der Waals surface area contributed by atoms with Crippen molar-refractivity contribution in [3.63, 3.8) is 0 Å². The molecule has 0 unspecified atom stereocenters. The van der Waals surface area contributed by atoms with Crippen molar-refractivity contribution in [3.8, 4) is 0 Å². The molecule has 1 fully saturated rings. The predicted octanol–water partition coefficient (Wildman–Crippen LogP) is 1.69. The Labute approximate surface area is 87.4 Å². The van der Waals surface area contributed by atoms with Gasteiger partial charge in [0.15, 0.2) is 5.96 Å². The lowest BCUT2D eigenvalue weighted by atomic mass is 10.2. The van der Waals surface area contributed by atoms with Gasteiger partial charge < -0.3 is 10.6 Å². The third-order valence-corrected chi connectivity index (χ3v) is 2.50. The molecule has 1 aliphatic rings. The molecule has 0 heterocycles. The van der Waals surface area contributed by atoms with Crippen LogP contribution in [0.25, 0.3) is 0 Å². The number of nitrogens with zero attached hydrogens (tertiary/aromatic N) is 2. The first-order chi connectivity index (χ1) is 6.63. The lowest BCUT2D eigenvalue weighted by Crippen LogP contribution is -2.38. The Bertz CT molecular complexity index is 195. The normalized spacial score (nSPS) is 17.6. The summed E-state index contributed by atoms with van der Waals surface area (Å²) in [7, 11) is 0. The Morgan fingerprint density at radius 3 is 2.57 bits per heavy atom. The minimum atomic E-state index is 0.591. The maximum Gasteiger partial charge on any atom is 0.191 e. The van der Waals surface area contributed by atoms with E-state index in [4.69, 9.17) is 5.73 Å². The average Bonchev–Trinajstić information content (AvgIpc) is 2.93. The molecule has 0 amide bonds. The van der Waals surface area contributed by atoms with Crippen molar-refractivity contribution in [2.24, 2.45) is 22.6 Å². The van der Waals surface area contributed by atoms with E-state index in [9.17, 15) is 0 Å². The van der Waals surface area contributed by atoms with Crippen LogP contribution < -0.4 is 5.73 Å². The van der Waals surface area contributed by atoms with E-state index >= 15 is 0 Å². The first-order valence-corrected chi connectivity index (χ1v) is 5.68. The van der Waals surface area contributed by atoms with E-state index in [2.05, 4.69) is 30.7 Å². The van der Waals surface area contributed by atoms with E-state index in [1.54, 1.807) is 0 Å². The van der Waals surface area contributed by atoms with Gasteiger partial charge in [-0.2, -0.15) is 0 Å². The first kappa shape index (κ1) is 11.3. The summed E-state index contributed by atoms with van der Waals surface area (Å²) in [4.78, 5) is 6.59. The standard InChI is InChI=1S/C11H23N3/c1-4-14(8-10-5-6-10)11(12)13-7-9(2)3/h9-10H,4-8H2,1-3H3,(H2,12,13). The largest absolute Gasteiger partial charge is 0.370 e. The molecular formula is C11H23N3. The molecule has 0 radical (unpaired) electrons. The third-order valence-electron chi connectivity index (χ3n) is 2.50. The highest BCUT2D eigenvalue weighted by molar-refractivity contribution is 5.78. The van der Waals surface area contributed by atoms with Gasteiger partial charge in [-0.1, -0.05) is 13.8 Å². The van der Waals surface area contributed by atoms with Crippen LogP contribution in [0.15, 0.2) is 4.99 Å². The Hall–Kier alpha value is -0.730. The van der Waals surface area contributed by atoms with Crippen LogP contribution in [-0.2, 0) is 0 Å². The zero-order valence-corrected chi connectivity index (χ0v) is 9.66. The zero-order valence-electron chi connectivity index (χ0n) is 9.66. The van der Waals surface area contributed by atoms with Crippen molar-refractivity contribution < 1.29 is 0 Å². The Morgan fingerprint density at radius 2 is 2.14 bits per heavy atom. The maximum atomic E-state index is 5.93. The Balaban J connectivity index is 2.36. The van der Waals surface area contributed by atoms with Crippen LogP contribution in [0.1, 0.15) is 33.6 Å². The molecule has 1 saturated carbocycles. The second kappa shape index (κ2) is 5.23. The summed E-state index contributed by atoms with van der Waals surface area (Å²) in [5, 5.41) is 0. The van der Waals surface area contributed by atoms with E-state index in [1.807, 2.05) is 0 Å². The monoisotopic (exact) mass is 197 g/mol. The quantitative estimate of drug-likeness (QED) is 0.538. The van der Waals surface area contributed by atoms with Crippen molar-refractivity contribution >= 4 is 5.96 Å². The molecule has 0 spiro atoms. The van der Waals surface area contributed by atoms with Gasteiger partial charge in [0.25, 0.3) is 0 Å². The summed E-state index contributed by atoms with van der Waals surface area (Å²) in [5.74, 6) is 2.20. The fourth-order valence-corrected chi connectivity index (χ4v) is 1.37. The number of rotatable bonds is 5. The van der Waals surface area contributed by atoms with Gasteiger partial charge in [0, 0.05) is 19.6 Å². The number of guanidine groups is 1. The molecule has 0 atom stereocenters. The van der Waals surface area contributed by atoms with Crippen LogP contribution in [0, 0.1) is 11.8 Å². The van der Waals surface area contributed by atoms with Crippen LogP contribution in [0.4, 0.5) is 0 Å². The van der Waals surface area contributed by atoms with Crippen LogP contribution in [-0.4, -0.2) is 30.5 Å². The van der Waals surface area contributed by atoms with Crippen LogP contribution >= 0.6 is 0 Å². The smallest absolute Gasteiger partial charge is 0.191 e. The minimum absolute atomic E-state index is 0.591. The zero-order chi connectivity index (χ0) is 10.6. The molecule has 0 aromatic carbocycles. The van der Waals surface area contributed by atoms with E-state index in [0.29, 0.717) is 5.92 Å². The number of hydrogen-bond donors (Lipinski definition) is 1. The summed E-state index contributed by atoms with van der Waals surface area (Å²) in [6, 6.07) is 0. The van der Waals surface area contributed by atoms with E-state index in [-0.39, 0.29) is 0 Å². The lowest BCUT2D eigenvalue weighted by molar-refractivity contribution is 0.412. The molecule has 3 heteroatoms. The van der Waals surface area contributed by atoms with Crippen LogP contribution in [0.2, 0.25) is 0 Å². The molecule has 1 aliphatic carbocycles. The molecule has 0 aliphatic heterocycles. The lowest BCUT2D eigenvalue weighted by Gasteiger charge is -2.21. The SMILES string of the molecule is CCN(CC1CC1)C(N)=NCC(C)C. The van der Waals surface area contributed by atoms with Crippen molar-refractivity contribution in [2.75, 3.05) is 19.6 Å². The molecule has 0 aromatic heterocycles. The van der Waals surface area contributed by atoms with Gasteiger partial charge in [-0.3, -0.25) is 4.99 Å². The summed E-state index contributed by atoms with van der Waals surface area (Å²) in [5.41, 5.74) is 5.93. The van der Waals surface area contributed by atoms with Gasteiger partial charge in [0.1, 0.15) is 0 Å². The van der Waals surface area contributed by atoms with Crippen LogP contribution in [0.5, 0.6) is 0 Å². The second-order valence-corrected chi connectivity index (χ2v) is 4.57. The molecule has 2 N–H and O–H groups in total. The van der Waals surface area contributed by atoms with Crippen molar-refractivity contribution in [1.82, 2.24) is 4.90 Å². The number of aliphatic imine (C=N–C) groups is 1. The number of hydrogen-bond acceptors (Lipinski definition) is 1. The van der Waals surface area contributed by atoms with E-state index < -0.39 is 0 Å². The van der Waals surface area contributed by atoms with Gasteiger partial charge in [-0.05, 0) is 31.6 Å². The predicted molar refractivity (Wildman–Crippen MR) is 61.3 cm³/mol. The molecular weight excluding hydrogens is 174 g/mol. The van der Waals surface area contributed by atoms with Crippen molar-refractivity contribution in [3.05, 3.63) is 0 Å². The van der Waals surface area contributed by atoms with Crippen molar-refractivity contribution in [1.29, 1.82) is 0 Å².